The molecule has 0 bridgehead atoms. The lowest BCUT2D eigenvalue weighted by Crippen LogP contribution is -1.98. The van der Waals surface area contributed by atoms with Crippen LogP contribution in [0.5, 0.6) is 0 Å². The van der Waals surface area contributed by atoms with Gasteiger partial charge in [0.1, 0.15) is 0 Å². The highest BCUT2D eigenvalue weighted by Crippen LogP contribution is 2.28. The fourth-order valence-corrected chi connectivity index (χ4v) is 3.43. The Morgan fingerprint density at radius 2 is 1.61 bits per heavy atom. The first-order valence-electron chi connectivity index (χ1n) is 10.8. The normalized spacial score (nSPS) is 15.8. The molecular weight excluding hydrogens is 372 g/mol. The zero-order chi connectivity index (χ0) is 22.2. The van der Waals surface area contributed by atoms with Crippen LogP contribution >= 0.6 is 0 Å². The average Bonchev–Trinajstić information content (AvgIpc) is 2.77. The van der Waals surface area contributed by atoms with Gasteiger partial charge in [-0.05, 0) is 81.4 Å². The highest BCUT2D eigenvalue weighted by atomic mass is 14.1. The summed E-state index contributed by atoms with van der Waals surface area (Å²) >= 11 is 0. The summed E-state index contributed by atoms with van der Waals surface area (Å²) in [6, 6.07) is 8.20. The Labute approximate surface area is 188 Å². The van der Waals surface area contributed by atoms with Crippen LogP contribution in [-0.2, 0) is 0 Å². The second-order valence-electron chi connectivity index (χ2n) is 8.29. The Hall–Kier alpha value is -3.48. The molecule has 0 nitrogen and oxygen atoms in total. The van der Waals surface area contributed by atoms with E-state index in [1.165, 1.54) is 33.4 Å². The van der Waals surface area contributed by atoms with Crippen LogP contribution in [0.15, 0.2) is 107 Å². The Morgan fingerprint density at radius 1 is 0.839 bits per heavy atom. The van der Waals surface area contributed by atoms with Gasteiger partial charge in [0.05, 0.1) is 0 Å². The molecule has 154 valence electrons. The molecule has 0 amide bonds. The maximum Gasteiger partial charge on any atom is 0.0249 e. The van der Waals surface area contributed by atoms with Crippen molar-refractivity contribution >= 4 is 0 Å². The number of hydrogen-bond acceptors (Lipinski definition) is 0. The van der Waals surface area contributed by atoms with Crippen molar-refractivity contribution < 1.29 is 0 Å². The molecule has 0 N–H and O–H groups in total. The van der Waals surface area contributed by atoms with Crippen molar-refractivity contribution in [3.63, 3.8) is 0 Å². The lowest BCUT2D eigenvalue weighted by Gasteiger charge is -2.15. The molecule has 0 spiro atoms. The van der Waals surface area contributed by atoms with Crippen LogP contribution in [0.4, 0.5) is 0 Å². The predicted octanol–water partition coefficient (Wildman–Crippen LogP) is 7.72. The monoisotopic (exact) mass is 402 g/mol. The summed E-state index contributed by atoms with van der Waals surface area (Å²) in [5.74, 6) is 13.1. The second kappa shape index (κ2) is 10.5. The summed E-state index contributed by atoms with van der Waals surface area (Å²) in [5.41, 5.74) is 10.4. The minimum Gasteiger partial charge on any atom is -0.0915 e. The third kappa shape index (κ3) is 6.77. The van der Waals surface area contributed by atoms with Gasteiger partial charge in [0, 0.05) is 22.3 Å². The molecule has 0 aliphatic heterocycles. The Balaban J connectivity index is 1.63. The van der Waals surface area contributed by atoms with Crippen LogP contribution in [0.25, 0.3) is 0 Å². The number of hydrogen-bond donors (Lipinski definition) is 0. The quantitative estimate of drug-likeness (QED) is 0.358. The molecule has 3 rings (SSSR count). The van der Waals surface area contributed by atoms with Gasteiger partial charge in [-0.25, -0.2) is 0 Å². The van der Waals surface area contributed by atoms with Gasteiger partial charge in [-0.15, -0.1) is 0 Å². The van der Waals surface area contributed by atoms with Crippen LogP contribution in [-0.4, -0.2) is 0 Å². The van der Waals surface area contributed by atoms with Crippen LogP contribution < -0.4 is 0 Å². The van der Waals surface area contributed by atoms with E-state index in [0.29, 0.717) is 0 Å². The zero-order valence-corrected chi connectivity index (χ0v) is 18.9. The van der Waals surface area contributed by atoms with E-state index in [2.05, 4.69) is 88.0 Å². The summed E-state index contributed by atoms with van der Waals surface area (Å²) in [6.45, 7) is 14.7. The number of benzene rings is 1. The van der Waals surface area contributed by atoms with Crippen LogP contribution in [0.2, 0.25) is 0 Å². The molecule has 0 atom stereocenters. The Bertz CT molecular complexity index is 1160. The van der Waals surface area contributed by atoms with E-state index in [0.717, 1.165) is 42.4 Å². The lowest BCUT2D eigenvalue weighted by molar-refractivity contribution is 0.926. The fraction of sp³-hybridized carbons (Fsp3) is 0.226. The molecule has 0 fully saturated rings. The van der Waals surface area contributed by atoms with E-state index in [1.807, 2.05) is 24.3 Å². The van der Waals surface area contributed by atoms with E-state index in [1.54, 1.807) is 0 Å². The molecule has 0 radical (unpaired) electrons. The van der Waals surface area contributed by atoms with E-state index in [4.69, 9.17) is 0 Å². The maximum atomic E-state index is 4.25. The molecule has 31 heavy (non-hydrogen) atoms. The summed E-state index contributed by atoms with van der Waals surface area (Å²) < 4.78 is 0. The fourth-order valence-electron chi connectivity index (χ4n) is 3.43. The van der Waals surface area contributed by atoms with E-state index in [-0.39, 0.29) is 0 Å². The van der Waals surface area contributed by atoms with Crippen LogP contribution in [0.1, 0.15) is 50.7 Å². The third-order valence-electron chi connectivity index (χ3n) is 5.56. The molecule has 0 unspecified atom stereocenters. The minimum atomic E-state index is 0.780. The molecule has 0 heteroatoms. The van der Waals surface area contributed by atoms with E-state index in [9.17, 15) is 0 Å². The molecule has 0 saturated carbocycles. The molecule has 1 aromatic rings. The van der Waals surface area contributed by atoms with Gasteiger partial charge in [0.25, 0.3) is 0 Å². The zero-order valence-electron chi connectivity index (χ0n) is 18.9. The first-order chi connectivity index (χ1) is 14.9. The number of allylic oxidation sites excluding steroid dienone is 12. The van der Waals surface area contributed by atoms with Crippen LogP contribution in [0.3, 0.4) is 0 Å². The van der Waals surface area contributed by atoms with Crippen molar-refractivity contribution in [2.75, 3.05) is 0 Å². The highest BCUT2D eigenvalue weighted by Gasteiger charge is 2.11. The van der Waals surface area contributed by atoms with E-state index >= 15 is 0 Å². The van der Waals surface area contributed by atoms with Gasteiger partial charge < -0.3 is 0 Å². The Kier molecular flexibility index (Phi) is 7.54. The van der Waals surface area contributed by atoms with Gasteiger partial charge in [0.2, 0.25) is 0 Å². The van der Waals surface area contributed by atoms with Crippen molar-refractivity contribution in [1.29, 1.82) is 0 Å². The van der Waals surface area contributed by atoms with Gasteiger partial charge in [-0.2, -0.15) is 0 Å². The van der Waals surface area contributed by atoms with Crippen molar-refractivity contribution in [2.45, 2.75) is 46.5 Å². The SMILES string of the molecule is C=C(C#Cc1ccc(C)cc1)/C=C\C(=C)C1=CC(C)=C(C#CC2=CC=C(C)CC2)CC1. The standard InChI is InChI=1S/C31H30/c1-23(7-13-28-14-8-24(2)9-15-28)6-12-26(4)31-21-20-30(27(5)22-31)19-18-29-16-10-25(3)11-17-29/h6,8-10,12,14-16,22H,1,4,11,17,20-21H2,2-3,5H3/b12-6-. The summed E-state index contributed by atoms with van der Waals surface area (Å²) in [5, 5.41) is 0. The van der Waals surface area contributed by atoms with Crippen molar-refractivity contribution in [3.05, 3.63) is 118 Å². The van der Waals surface area contributed by atoms with Crippen LogP contribution in [0, 0.1) is 30.6 Å². The second-order valence-corrected chi connectivity index (χ2v) is 8.29. The van der Waals surface area contributed by atoms with Gasteiger partial charge in [-0.1, -0.05) is 84.4 Å². The number of aryl methyl sites for hydroxylation is 1. The maximum absolute atomic E-state index is 4.25. The average molecular weight is 403 g/mol. The van der Waals surface area contributed by atoms with Crippen molar-refractivity contribution in [1.82, 2.24) is 0 Å². The highest BCUT2D eigenvalue weighted by molar-refractivity contribution is 5.53. The summed E-state index contributed by atoms with van der Waals surface area (Å²) in [4.78, 5) is 0. The summed E-state index contributed by atoms with van der Waals surface area (Å²) in [7, 11) is 0. The Morgan fingerprint density at radius 3 is 2.29 bits per heavy atom. The lowest BCUT2D eigenvalue weighted by atomic mass is 9.89. The van der Waals surface area contributed by atoms with Crippen molar-refractivity contribution in [3.8, 4) is 23.7 Å². The molecule has 1 aromatic carbocycles. The van der Waals surface area contributed by atoms with E-state index < -0.39 is 0 Å². The molecule has 2 aliphatic rings. The summed E-state index contributed by atoms with van der Waals surface area (Å²) in [6.07, 6.45) is 14.6. The topological polar surface area (TPSA) is 0 Å². The van der Waals surface area contributed by atoms with Crippen molar-refractivity contribution in [2.24, 2.45) is 0 Å². The molecule has 0 heterocycles. The van der Waals surface area contributed by atoms with Gasteiger partial charge in [-0.3, -0.25) is 0 Å². The smallest absolute Gasteiger partial charge is 0.0249 e. The first-order valence-corrected chi connectivity index (χ1v) is 10.8. The minimum absolute atomic E-state index is 0.780. The van der Waals surface area contributed by atoms with Gasteiger partial charge >= 0.3 is 0 Å². The molecule has 0 saturated heterocycles. The molecule has 2 aliphatic carbocycles. The first kappa shape index (κ1) is 22.2. The molecular formula is C31H30. The van der Waals surface area contributed by atoms with Gasteiger partial charge in [0.15, 0.2) is 0 Å². The third-order valence-corrected chi connectivity index (χ3v) is 5.56. The largest absolute Gasteiger partial charge is 0.0915 e. The predicted molar refractivity (Wildman–Crippen MR) is 134 cm³/mol. The number of rotatable bonds is 3. The molecule has 0 aromatic heterocycles.